The first kappa shape index (κ1) is 15.1. The van der Waals surface area contributed by atoms with Crippen molar-refractivity contribution < 1.29 is 0 Å². The molecule has 1 aromatic rings. The molecule has 3 rings (SSSR count). The SMILES string of the molecule is CC(CN)(CN1CCCC1C1CCCC1)c1ccccc1. The molecule has 0 radical (unpaired) electrons. The zero-order valence-corrected chi connectivity index (χ0v) is 13.4. The van der Waals surface area contributed by atoms with Crippen LogP contribution < -0.4 is 5.73 Å². The standard InChI is InChI=1S/C19H30N2/c1-19(14-20,17-10-3-2-4-11-17)15-21-13-7-12-18(21)16-8-5-6-9-16/h2-4,10-11,16,18H,5-9,12-15,20H2,1H3. The smallest absolute Gasteiger partial charge is 0.0174 e. The Morgan fingerprint density at radius 2 is 1.81 bits per heavy atom. The second kappa shape index (κ2) is 6.50. The average Bonchev–Trinajstić information content (AvgIpc) is 3.18. The lowest BCUT2D eigenvalue weighted by Crippen LogP contribution is -2.47. The largest absolute Gasteiger partial charge is 0.330 e. The maximum Gasteiger partial charge on any atom is 0.0174 e. The third-order valence-electron chi connectivity index (χ3n) is 5.83. The van der Waals surface area contributed by atoms with E-state index in [-0.39, 0.29) is 5.41 Å². The fourth-order valence-corrected chi connectivity index (χ4v) is 4.49. The summed E-state index contributed by atoms with van der Waals surface area (Å²) in [5.41, 5.74) is 7.67. The van der Waals surface area contributed by atoms with Gasteiger partial charge in [-0.15, -0.1) is 0 Å². The number of hydrogen-bond donors (Lipinski definition) is 1. The highest BCUT2D eigenvalue weighted by Gasteiger charge is 2.37. The molecule has 2 aliphatic rings. The molecule has 0 amide bonds. The minimum atomic E-state index is 0.0858. The van der Waals surface area contributed by atoms with Crippen LogP contribution in [0.3, 0.4) is 0 Å². The van der Waals surface area contributed by atoms with Gasteiger partial charge in [-0.25, -0.2) is 0 Å². The van der Waals surface area contributed by atoms with Crippen LogP contribution in [-0.2, 0) is 5.41 Å². The molecule has 2 unspecified atom stereocenters. The number of nitrogens with zero attached hydrogens (tertiary/aromatic N) is 1. The molecular formula is C19H30N2. The molecule has 21 heavy (non-hydrogen) atoms. The maximum atomic E-state index is 6.19. The van der Waals surface area contributed by atoms with E-state index in [2.05, 4.69) is 42.2 Å². The van der Waals surface area contributed by atoms with E-state index >= 15 is 0 Å². The normalized spacial score (nSPS) is 27.0. The molecule has 2 N–H and O–H groups in total. The summed E-state index contributed by atoms with van der Waals surface area (Å²) in [6, 6.07) is 11.7. The number of rotatable bonds is 5. The first-order chi connectivity index (χ1) is 10.2. The van der Waals surface area contributed by atoms with E-state index in [1.165, 1.54) is 50.6 Å². The van der Waals surface area contributed by atoms with Gasteiger partial charge in [-0.05, 0) is 43.7 Å². The van der Waals surface area contributed by atoms with Crippen LogP contribution in [-0.4, -0.2) is 30.6 Å². The van der Waals surface area contributed by atoms with Crippen LogP contribution in [0.4, 0.5) is 0 Å². The van der Waals surface area contributed by atoms with Crippen molar-refractivity contribution in [3.63, 3.8) is 0 Å². The molecule has 1 aliphatic heterocycles. The summed E-state index contributed by atoms with van der Waals surface area (Å²) >= 11 is 0. The van der Waals surface area contributed by atoms with E-state index < -0.39 is 0 Å². The van der Waals surface area contributed by atoms with Gasteiger partial charge in [-0.3, -0.25) is 4.90 Å². The van der Waals surface area contributed by atoms with Gasteiger partial charge in [0.05, 0.1) is 0 Å². The Morgan fingerprint density at radius 1 is 1.10 bits per heavy atom. The average molecular weight is 286 g/mol. The van der Waals surface area contributed by atoms with E-state index in [9.17, 15) is 0 Å². The molecule has 2 fully saturated rings. The lowest BCUT2D eigenvalue weighted by Gasteiger charge is -2.38. The highest BCUT2D eigenvalue weighted by Crippen LogP contribution is 2.37. The summed E-state index contributed by atoms with van der Waals surface area (Å²) in [4.78, 5) is 2.76. The summed E-state index contributed by atoms with van der Waals surface area (Å²) in [6.07, 6.45) is 8.57. The molecule has 116 valence electrons. The molecule has 1 heterocycles. The Bertz CT molecular complexity index is 438. The Balaban J connectivity index is 1.73. The Hall–Kier alpha value is -0.860. The van der Waals surface area contributed by atoms with Crippen LogP contribution in [0, 0.1) is 5.92 Å². The molecule has 2 heteroatoms. The molecule has 1 saturated heterocycles. The Morgan fingerprint density at radius 3 is 2.48 bits per heavy atom. The molecule has 1 saturated carbocycles. The van der Waals surface area contributed by atoms with Gasteiger partial charge in [0.1, 0.15) is 0 Å². The maximum absolute atomic E-state index is 6.19. The summed E-state index contributed by atoms with van der Waals surface area (Å²) in [6.45, 7) is 5.45. The monoisotopic (exact) mass is 286 g/mol. The van der Waals surface area contributed by atoms with Gasteiger partial charge in [0.2, 0.25) is 0 Å². The van der Waals surface area contributed by atoms with Crippen molar-refractivity contribution in [3.05, 3.63) is 35.9 Å². The number of nitrogens with two attached hydrogens (primary N) is 1. The number of likely N-dealkylation sites (tertiary alicyclic amines) is 1. The molecule has 1 aliphatic carbocycles. The van der Waals surface area contributed by atoms with Crippen LogP contribution in [0.25, 0.3) is 0 Å². The molecule has 2 atom stereocenters. The quantitative estimate of drug-likeness (QED) is 0.897. The van der Waals surface area contributed by atoms with Crippen molar-refractivity contribution in [1.82, 2.24) is 4.90 Å². The van der Waals surface area contributed by atoms with Crippen molar-refractivity contribution in [2.45, 2.75) is 56.9 Å². The van der Waals surface area contributed by atoms with Crippen LogP contribution in [0.2, 0.25) is 0 Å². The van der Waals surface area contributed by atoms with Crippen molar-refractivity contribution in [1.29, 1.82) is 0 Å². The summed E-state index contributed by atoms with van der Waals surface area (Å²) < 4.78 is 0. The molecule has 1 aromatic carbocycles. The van der Waals surface area contributed by atoms with Gasteiger partial charge >= 0.3 is 0 Å². The van der Waals surface area contributed by atoms with Gasteiger partial charge < -0.3 is 5.73 Å². The van der Waals surface area contributed by atoms with Crippen LogP contribution >= 0.6 is 0 Å². The first-order valence-corrected chi connectivity index (χ1v) is 8.72. The predicted octanol–water partition coefficient (Wildman–Crippen LogP) is 3.56. The van der Waals surface area contributed by atoms with Gasteiger partial charge in [0, 0.05) is 24.5 Å². The second-order valence-corrected chi connectivity index (χ2v) is 7.36. The third-order valence-corrected chi connectivity index (χ3v) is 5.83. The third kappa shape index (κ3) is 3.17. The van der Waals surface area contributed by atoms with Crippen molar-refractivity contribution in [2.75, 3.05) is 19.6 Å². The zero-order chi connectivity index (χ0) is 14.7. The lowest BCUT2D eigenvalue weighted by atomic mass is 9.81. The zero-order valence-electron chi connectivity index (χ0n) is 13.4. The molecule has 0 spiro atoms. The highest BCUT2D eigenvalue weighted by atomic mass is 15.2. The lowest BCUT2D eigenvalue weighted by molar-refractivity contribution is 0.156. The van der Waals surface area contributed by atoms with Crippen LogP contribution in [0.1, 0.15) is 51.0 Å². The van der Waals surface area contributed by atoms with Crippen LogP contribution in [0.5, 0.6) is 0 Å². The molecule has 0 bridgehead atoms. The van der Waals surface area contributed by atoms with Crippen molar-refractivity contribution >= 4 is 0 Å². The fraction of sp³-hybridized carbons (Fsp3) is 0.684. The minimum Gasteiger partial charge on any atom is -0.330 e. The second-order valence-electron chi connectivity index (χ2n) is 7.36. The Kier molecular flexibility index (Phi) is 4.66. The molecule has 0 aromatic heterocycles. The first-order valence-electron chi connectivity index (χ1n) is 8.72. The molecule has 2 nitrogen and oxygen atoms in total. The van der Waals surface area contributed by atoms with Gasteiger partial charge in [0.15, 0.2) is 0 Å². The van der Waals surface area contributed by atoms with Crippen LogP contribution in [0.15, 0.2) is 30.3 Å². The Labute approximate surface area is 129 Å². The summed E-state index contributed by atoms with van der Waals surface area (Å²) in [5.74, 6) is 0.949. The van der Waals surface area contributed by atoms with Gasteiger partial charge in [0.25, 0.3) is 0 Å². The predicted molar refractivity (Wildman–Crippen MR) is 89.4 cm³/mol. The summed E-state index contributed by atoms with van der Waals surface area (Å²) in [7, 11) is 0. The van der Waals surface area contributed by atoms with Gasteiger partial charge in [-0.1, -0.05) is 50.1 Å². The number of hydrogen-bond acceptors (Lipinski definition) is 2. The summed E-state index contributed by atoms with van der Waals surface area (Å²) in [5, 5.41) is 0. The van der Waals surface area contributed by atoms with E-state index in [4.69, 9.17) is 5.73 Å². The molecular weight excluding hydrogens is 256 g/mol. The fourth-order valence-electron chi connectivity index (χ4n) is 4.49. The van der Waals surface area contributed by atoms with E-state index in [0.717, 1.165) is 25.0 Å². The highest BCUT2D eigenvalue weighted by molar-refractivity contribution is 5.25. The van der Waals surface area contributed by atoms with Crippen molar-refractivity contribution in [3.8, 4) is 0 Å². The van der Waals surface area contributed by atoms with E-state index in [1.807, 2.05) is 0 Å². The van der Waals surface area contributed by atoms with Crippen molar-refractivity contribution in [2.24, 2.45) is 11.7 Å². The van der Waals surface area contributed by atoms with E-state index in [0.29, 0.717) is 0 Å². The topological polar surface area (TPSA) is 29.3 Å². The minimum absolute atomic E-state index is 0.0858. The van der Waals surface area contributed by atoms with E-state index in [1.54, 1.807) is 0 Å². The number of benzene rings is 1. The van der Waals surface area contributed by atoms with Gasteiger partial charge in [-0.2, -0.15) is 0 Å².